The lowest BCUT2D eigenvalue weighted by Gasteiger charge is -2.27. The average molecular weight is 318 g/mol. The SMILES string of the molecule is CC1CCCC(NS(=O)(=O)c2ccc(CO)c(Cl)c2)C1. The second-order valence-electron chi connectivity index (χ2n) is 5.50. The van der Waals surface area contributed by atoms with Gasteiger partial charge in [-0.15, -0.1) is 0 Å². The number of sulfonamides is 1. The molecule has 0 saturated heterocycles. The van der Waals surface area contributed by atoms with Crippen molar-refractivity contribution in [2.75, 3.05) is 0 Å². The van der Waals surface area contributed by atoms with E-state index in [1.165, 1.54) is 12.1 Å². The number of halogens is 1. The summed E-state index contributed by atoms with van der Waals surface area (Å²) in [5.41, 5.74) is 0.525. The monoisotopic (exact) mass is 317 g/mol. The molecule has 1 saturated carbocycles. The first-order chi connectivity index (χ1) is 9.42. The zero-order valence-corrected chi connectivity index (χ0v) is 13.0. The summed E-state index contributed by atoms with van der Waals surface area (Å²) in [5, 5.41) is 9.32. The van der Waals surface area contributed by atoms with Crippen LogP contribution in [0.25, 0.3) is 0 Å². The minimum atomic E-state index is -3.55. The Kier molecular flexibility index (Phi) is 5.07. The number of nitrogens with one attached hydrogen (secondary N) is 1. The minimum Gasteiger partial charge on any atom is -0.392 e. The van der Waals surface area contributed by atoms with E-state index in [-0.39, 0.29) is 22.6 Å². The van der Waals surface area contributed by atoms with E-state index in [0.29, 0.717) is 11.5 Å². The Bertz CT molecular complexity index is 574. The lowest BCUT2D eigenvalue weighted by atomic mass is 9.88. The van der Waals surface area contributed by atoms with Crippen molar-refractivity contribution in [3.8, 4) is 0 Å². The second kappa shape index (κ2) is 6.43. The van der Waals surface area contributed by atoms with Gasteiger partial charge in [0.25, 0.3) is 0 Å². The van der Waals surface area contributed by atoms with Crippen molar-refractivity contribution >= 4 is 21.6 Å². The number of rotatable bonds is 4. The van der Waals surface area contributed by atoms with Gasteiger partial charge in [0.05, 0.1) is 11.5 Å². The Balaban J connectivity index is 2.15. The number of hydrogen-bond donors (Lipinski definition) is 2. The van der Waals surface area contributed by atoms with Gasteiger partial charge in [0.1, 0.15) is 0 Å². The maximum absolute atomic E-state index is 12.3. The summed E-state index contributed by atoms with van der Waals surface area (Å²) in [6.45, 7) is 1.94. The summed E-state index contributed by atoms with van der Waals surface area (Å²) >= 11 is 5.95. The summed E-state index contributed by atoms with van der Waals surface area (Å²) in [6.07, 6.45) is 3.97. The Morgan fingerprint density at radius 1 is 1.40 bits per heavy atom. The van der Waals surface area contributed by atoms with Gasteiger partial charge < -0.3 is 5.11 Å². The molecule has 0 spiro atoms. The Morgan fingerprint density at radius 3 is 2.75 bits per heavy atom. The Labute approximate surface area is 125 Å². The van der Waals surface area contributed by atoms with Crippen molar-refractivity contribution in [1.82, 2.24) is 4.72 Å². The first-order valence-corrected chi connectivity index (χ1v) is 8.70. The largest absolute Gasteiger partial charge is 0.392 e. The molecule has 2 N–H and O–H groups in total. The molecule has 4 nitrogen and oxygen atoms in total. The molecule has 1 fully saturated rings. The third kappa shape index (κ3) is 3.73. The third-order valence-corrected chi connectivity index (χ3v) is 5.63. The van der Waals surface area contributed by atoms with E-state index in [0.717, 1.165) is 25.7 Å². The van der Waals surface area contributed by atoms with Gasteiger partial charge in [-0.3, -0.25) is 0 Å². The van der Waals surface area contributed by atoms with Crippen LogP contribution in [0.1, 0.15) is 38.2 Å². The number of benzene rings is 1. The van der Waals surface area contributed by atoms with Crippen molar-refractivity contribution in [2.45, 2.75) is 50.2 Å². The Hall–Kier alpha value is -0.620. The fourth-order valence-electron chi connectivity index (χ4n) is 2.65. The molecule has 0 aliphatic heterocycles. The number of aliphatic hydroxyl groups is 1. The molecule has 112 valence electrons. The molecule has 1 aliphatic carbocycles. The third-order valence-electron chi connectivity index (χ3n) is 3.76. The van der Waals surface area contributed by atoms with Crippen molar-refractivity contribution < 1.29 is 13.5 Å². The molecule has 1 aliphatic rings. The van der Waals surface area contributed by atoms with Crippen molar-refractivity contribution in [1.29, 1.82) is 0 Å². The zero-order valence-electron chi connectivity index (χ0n) is 11.5. The van der Waals surface area contributed by atoms with E-state index in [9.17, 15) is 8.42 Å². The predicted octanol–water partition coefficient (Wildman–Crippen LogP) is 2.69. The summed E-state index contributed by atoms with van der Waals surface area (Å²) in [5.74, 6) is 0.553. The maximum Gasteiger partial charge on any atom is 0.240 e. The highest BCUT2D eigenvalue weighted by molar-refractivity contribution is 7.89. The van der Waals surface area contributed by atoms with Gasteiger partial charge in [0.15, 0.2) is 0 Å². The van der Waals surface area contributed by atoms with Gasteiger partial charge in [-0.2, -0.15) is 0 Å². The first kappa shape index (κ1) is 15.8. The highest BCUT2D eigenvalue weighted by Gasteiger charge is 2.25. The molecule has 0 bridgehead atoms. The molecular weight excluding hydrogens is 298 g/mol. The summed E-state index contributed by atoms with van der Waals surface area (Å²) in [4.78, 5) is 0.151. The predicted molar refractivity (Wildman–Crippen MR) is 79.1 cm³/mol. The fourth-order valence-corrected chi connectivity index (χ4v) is 4.27. The van der Waals surface area contributed by atoms with Crippen LogP contribution < -0.4 is 4.72 Å². The molecule has 1 aromatic carbocycles. The standard InChI is InChI=1S/C14H20ClNO3S/c1-10-3-2-4-12(7-10)16-20(18,19)13-6-5-11(9-17)14(15)8-13/h5-6,8,10,12,16-17H,2-4,7,9H2,1H3. The van der Waals surface area contributed by atoms with Gasteiger partial charge in [-0.1, -0.05) is 37.4 Å². The molecule has 0 heterocycles. The van der Waals surface area contributed by atoms with E-state index in [1.807, 2.05) is 0 Å². The molecule has 6 heteroatoms. The first-order valence-electron chi connectivity index (χ1n) is 6.84. The van der Waals surface area contributed by atoms with Crippen LogP contribution in [-0.2, 0) is 16.6 Å². The molecular formula is C14H20ClNO3S. The lowest BCUT2D eigenvalue weighted by Crippen LogP contribution is -2.37. The molecule has 20 heavy (non-hydrogen) atoms. The second-order valence-corrected chi connectivity index (χ2v) is 7.62. The van der Waals surface area contributed by atoms with Crippen LogP contribution in [0.3, 0.4) is 0 Å². The minimum absolute atomic E-state index is 0.0000406. The van der Waals surface area contributed by atoms with Crippen LogP contribution >= 0.6 is 11.6 Å². The highest BCUT2D eigenvalue weighted by atomic mass is 35.5. The average Bonchev–Trinajstić information content (AvgIpc) is 2.38. The molecule has 2 rings (SSSR count). The fraction of sp³-hybridized carbons (Fsp3) is 0.571. The lowest BCUT2D eigenvalue weighted by molar-refractivity contribution is 0.282. The van der Waals surface area contributed by atoms with E-state index in [1.54, 1.807) is 6.07 Å². The van der Waals surface area contributed by atoms with E-state index < -0.39 is 10.0 Å². The zero-order chi connectivity index (χ0) is 14.8. The van der Waals surface area contributed by atoms with Gasteiger partial charge in [0, 0.05) is 11.1 Å². The summed E-state index contributed by atoms with van der Waals surface area (Å²) in [7, 11) is -3.55. The van der Waals surface area contributed by atoms with Gasteiger partial charge in [-0.25, -0.2) is 13.1 Å². The van der Waals surface area contributed by atoms with Crippen molar-refractivity contribution in [3.05, 3.63) is 28.8 Å². The van der Waals surface area contributed by atoms with Gasteiger partial charge in [0.2, 0.25) is 10.0 Å². The van der Waals surface area contributed by atoms with Crippen LogP contribution in [0.2, 0.25) is 5.02 Å². The topological polar surface area (TPSA) is 66.4 Å². The normalized spacial score (nSPS) is 23.8. The smallest absolute Gasteiger partial charge is 0.240 e. The van der Waals surface area contributed by atoms with Gasteiger partial charge >= 0.3 is 0 Å². The van der Waals surface area contributed by atoms with E-state index in [4.69, 9.17) is 16.7 Å². The maximum atomic E-state index is 12.3. The van der Waals surface area contributed by atoms with E-state index >= 15 is 0 Å². The van der Waals surface area contributed by atoms with E-state index in [2.05, 4.69) is 11.6 Å². The number of hydrogen-bond acceptors (Lipinski definition) is 3. The number of aliphatic hydroxyl groups excluding tert-OH is 1. The highest BCUT2D eigenvalue weighted by Crippen LogP contribution is 2.26. The molecule has 0 radical (unpaired) electrons. The van der Waals surface area contributed by atoms with Crippen molar-refractivity contribution in [2.24, 2.45) is 5.92 Å². The van der Waals surface area contributed by atoms with Gasteiger partial charge in [-0.05, 0) is 36.5 Å². The molecule has 2 atom stereocenters. The summed E-state index contributed by atoms with van der Waals surface area (Å²) < 4.78 is 27.4. The van der Waals surface area contributed by atoms with Crippen molar-refractivity contribution in [3.63, 3.8) is 0 Å². The van der Waals surface area contributed by atoms with Crippen LogP contribution in [0.4, 0.5) is 0 Å². The molecule has 0 aromatic heterocycles. The van der Waals surface area contributed by atoms with Crippen LogP contribution in [0.15, 0.2) is 23.1 Å². The molecule has 0 amide bonds. The van der Waals surface area contributed by atoms with Crippen LogP contribution in [-0.4, -0.2) is 19.6 Å². The van der Waals surface area contributed by atoms with Crippen LogP contribution in [0.5, 0.6) is 0 Å². The Morgan fingerprint density at radius 2 is 2.15 bits per heavy atom. The van der Waals surface area contributed by atoms with Crippen LogP contribution in [0, 0.1) is 5.92 Å². The summed E-state index contributed by atoms with van der Waals surface area (Å²) in [6, 6.07) is 4.41. The quantitative estimate of drug-likeness (QED) is 0.897. The molecule has 1 aromatic rings. The molecule has 2 unspecified atom stereocenters.